The van der Waals surface area contributed by atoms with Gasteiger partial charge in [0.1, 0.15) is 0 Å². The van der Waals surface area contributed by atoms with Crippen molar-refractivity contribution in [3.05, 3.63) is 36.9 Å². The minimum Gasteiger partial charge on any atom is -0.381 e. The molecule has 0 radical (unpaired) electrons. The van der Waals surface area contributed by atoms with E-state index >= 15 is 0 Å². The predicted molar refractivity (Wildman–Crippen MR) is 89.3 cm³/mol. The zero-order valence-electron chi connectivity index (χ0n) is 11.8. The molecule has 1 aromatic carbocycles. The molecule has 0 aliphatic carbocycles. The molecule has 0 spiro atoms. The number of rotatable bonds is 6. The number of piperidine rings is 1. The fourth-order valence-corrected chi connectivity index (χ4v) is 3.20. The average Bonchev–Trinajstić information content (AvgIpc) is 2.49. The number of nitrogens with zero attached hydrogens (tertiary/aromatic N) is 1. The summed E-state index contributed by atoms with van der Waals surface area (Å²) in [7, 11) is 0. The van der Waals surface area contributed by atoms with Crippen molar-refractivity contribution in [3.63, 3.8) is 0 Å². The van der Waals surface area contributed by atoms with Crippen molar-refractivity contribution in [1.82, 2.24) is 4.90 Å². The molecule has 20 heavy (non-hydrogen) atoms. The third kappa shape index (κ3) is 4.33. The summed E-state index contributed by atoms with van der Waals surface area (Å²) >= 11 is 1.83. The highest BCUT2D eigenvalue weighted by Gasteiger charge is 2.18. The van der Waals surface area contributed by atoms with Crippen molar-refractivity contribution in [3.8, 4) is 12.3 Å². The Morgan fingerprint density at radius 1 is 1.40 bits per heavy atom. The molecule has 1 N–H and O–H groups in total. The number of benzene rings is 1. The molecule has 0 atom stereocenters. The van der Waals surface area contributed by atoms with Crippen LogP contribution in [-0.2, 0) is 0 Å². The molecular weight excluding hydrogens is 264 g/mol. The molecule has 1 aliphatic rings. The summed E-state index contributed by atoms with van der Waals surface area (Å²) in [6.45, 7) is 6.73. The summed E-state index contributed by atoms with van der Waals surface area (Å²) in [4.78, 5) is 3.65. The highest BCUT2D eigenvalue weighted by Crippen LogP contribution is 2.28. The van der Waals surface area contributed by atoms with Crippen molar-refractivity contribution < 1.29 is 0 Å². The van der Waals surface area contributed by atoms with Crippen LogP contribution in [0.5, 0.6) is 0 Å². The van der Waals surface area contributed by atoms with Crippen molar-refractivity contribution in [1.29, 1.82) is 0 Å². The number of terminal acetylenes is 1. The lowest BCUT2D eigenvalue weighted by atomic mass is 10.0. The van der Waals surface area contributed by atoms with Crippen LogP contribution in [0.3, 0.4) is 0 Å². The maximum Gasteiger partial charge on any atom is 0.0598 e. The number of likely N-dealkylation sites (tertiary alicyclic amines) is 1. The molecule has 0 bridgehead atoms. The van der Waals surface area contributed by atoms with Gasteiger partial charge in [-0.05, 0) is 25.0 Å². The first-order chi connectivity index (χ1) is 9.83. The van der Waals surface area contributed by atoms with Crippen molar-refractivity contribution >= 4 is 17.4 Å². The van der Waals surface area contributed by atoms with Crippen LogP contribution in [0, 0.1) is 12.3 Å². The minimum absolute atomic E-state index is 0.550. The summed E-state index contributed by atoms with van der Waals surface area (Å²) in [6, 6.07) is 9.07. The Kier molecular flexibility index (Phi) is 6.04. The van der Waals surface area contributed by atoms with Gasteiger partial charge in [-0.15, -0.1) is 24.8 Å². The van der Waals surface area contributed by atoms with Crippen LogP contribution in [0.25, 0.3) is 0 Å². The highest BCUT2D eigenvalue weighted by molar-refractivity contribution is 7.99. The predicted octanol–water partition coefficient (Wildman–Crippen LogP) is 3.47. The first kappa shape index (κ1) is 15.0. The lowest BCUT2D eigenvalue weighted by Crippen LogP contribution is -2.39. The van der Waals surface area contributed by atoms with Crippen molar-refractivity contribution in [2.75, 3.05) is 30.7 Å². The van der Waals surface area contributed by atoms with E-state index in [4.69, 9.17) is 6.42 Å². The molecule has 0 aromatic heterocycles. The van der Waals surface area contributed by atoms with Gasteiger partial charge < -0.3 is 5.32 Å². The standard InChI is InChI=1S/C17H22N2S/c1-3-11-19-12-9-15(10-13-19)18-16-7-5-6-8-17(16)20-14-4-2/h1,4-8,15,18H,2,9-14H2. The Bertz CT molecular complexity index is 470. The van der Waals surface area contributed by atoms with Gasteiger partial charge >= 0.3 is 0 Å². The van der Waals surface area contributed by atoms with Crippen LogP contribution >= 0.6 is 11.8 Å². The number of hydrogen-bond donors (Lipinski definition) is 1. The van der Waals surface area contributed by atoms with Crippen LogP contribution in [0.15, 0.2) is 41.8 Å². The molecule has 0 saturated carbocycles. The SMILES string of the molecule is C#CCN1CCC(Nc2ccccc2SCC=C)CC1. The van der Waals surface area contributed by atoms with E-state index in [0.29, 0.717) is 6.04 Å². The van der Waals surface area contributed by atoms with Gasteiger partial charge in [0.2, 0.25) is 0 Å². The first-order valence-electron chi connectivity index (χ1n) is 7.08. The first-order valence-corrected chi connectivity index (χ1v) is 8.07. The number of hydrogen-bond acceptors (Lipinski definition) is 3. The molecule has 1 aliphatic heterocycles. The zero-order chi connectivity index (χ0) is 14.2. The van der Waals surface area contributed by atoms with E-state index in [1.165, 1.54) is 10.6 Å². The van der Waals surface area contributed by atoms with E-state index in [-0.39, 0.29) is 0 Å². The summed E-state index contributed by atoms with van der Waals surface area (Å²) in [5.74, 6) is 3.67. The van der Waals surface area contributed by atoms with Crippen LogP contribution in [0.4, 0.5) is 5.69 Å². The van der Waals surface area contributed by atoms with Crippen LogP contribution in [0.1, 0.15) is 12.8 Å². The minimum atomic E-state index is 0.550. The van der Waals surface area contributed by atoms with Gasteiger partial charge in [-0.3, -0.25) is 4.90 Å². The van der Waals surface area contributed by atoms with E-state index < -0.39 is 0 Å². The fourth-order valence-electron chi connectivity index (χ4n) is 2.44. The van der Waals surface area contributed by atoms with Crippen LogP contribution in [0.2, 0.25) is 0 Å². The van der Waals surface area contributed by atoms with Gasteiger partial charge in [0.25, 0.3) is 0 Å². The van der Waals surface area contributed by atoms with Crippen LogP contribution in [-0.4, -0.2) is 36.3 Å². The Balaban J connectivity index is 1.91. The van der Waals surface area contributed by atoms with Gasteiger partial charge in [0.05, 0.1) is 6.54 Å². The number of anilines is 1. The Labute approximate surface area is 126 Å². The molecule has 1 heterocycles. The van der Waals surface area contributed by atoms with Gasteiger partial charge in [-0.2, -0.15) is 0 Å². The third-order valence-electron chi connectivity index (χ3n) is 3.51. The Morgan fingerprint density at radius 2 is 2.15 bits per heavy atom. The summed E-state index contributed by atoms with van der Waals surface area (Å²) in [5, 5.41) is 3.69. The molecular formula is C17H22N2S. The lowest BCUT2D eigenvalue weighted by Gasteiger charge is -2.32. The van der Waals surface area contributed by atoms with Gasteiger partial charge in [0.15, 0.2) is 0 Å². The molecule has 2 nitrogen and oxygen atoms in total. The molecule has 0 amide bonds. The topological polar surface area (TPSA) is 15.3 Å². The lowest BCUT2D eigenvalue weighted by molar-refractivity contribution is 0.243. The van der Waals surface area contributed by atoms with Crippen molar-refractivity contribution in [2.24, 2.45) is 0 Å². The normalized spacial score (nSPS) is 16.6. The zero-order valence-corrected chi connectivity index (χ0v) is 12.7. The molecule has 1 aromatic rings. The van der Waals surface area contributed by atoms with E-state index in [1.807, 2.05) is 17.8 Å². The molecule has 3 heteroatoms. The second-order valence-electron chi connectivity index (χ2n) is 4.99. The summed E-state index contributed by atoms with van der Waals surface area (Å²) < 4.78 is 0. The summed E-state index contributed by atoms with van der Waals surface area (Å²) in [5.41, 5.74) is 1.25. The molecule has 106 valence electrons. The van der Waals surface area contributed by atoms with E-state index in [0.717, 1.165) is 38.2 Å². The summed E-state index contributed by atoms with van der Waals surface area (Å²) in [6.07, 6.45) is 9.62. The molecule has 0 unspecified atom stereocenters. The quantitative estimate of drug-likeness (QED) is 0.490. The van der Waals surface area contributed by atoms with Gasteiger partial charge in [-0.25, -0.2) is 0 Å². The van der Waals surface area contributed by atoms with Gasteiger partial charge in [-0.1, -0.05) is 24.1 Å². The third-order valence-corrected chi connectivity index (χ3v) is 4.58. The second kappa shape index (κ2) is 8.04. The smallest absolute Gasteiger partial charge is 0.0598 e. The van der Waals surface area contributed by atoms with E-state index in [2.05, 4.69) is 47.0 Å². The van der Waals surface area contributed by atoms with Crippen molar-refractivity contribution in [2.45, 2.75) is 23.8 Å². The fraction of sp³-hybridized carbons (Fsp3) is 0.412. The highest BCUT2D eigenvalue weighted by atomic mass is 32.2. The maximum atomic E-state index is 5.37. The molecule has 1 fully saturated rings. The largest absolute Gasteiger partial charge is 0.381 e. The Hall–Kier alpha value is -1.37. The van der Waals surface area contributed by atoms with Crippen LogP contribution < -0.4 is 5.32 Å². The van der Waals surface area contributed by atoms with E-state index in [1.54, 1.807) is 0 Å². The van der Waals surface area contributed by atoms with Gasteiger partial charge in [0, 0.05) is 35.5 Å². The number of thioether (sulfide) groups is 1. The number of nitrogens with one attached hydrogen (secondary N) is 1. The average molecular weight is 286 g/mol. The maximum absolute atomic E-state index is 5.37. The number of para-hydroxylation sites is 1. The monoisotopic (exact) mass is 286 g/mol. The Morgan fingerprint density at radius 3 is 2.85 bits per heavy atom. The van der Waals surface area contributed by atoms with E-state index in [9.17, 15) is 0 Å². The molecule has 1 saturated heterocycles. The molecule has 2 rings (SSSR count). The second-order valence-corrected chi connectivity index (χ2v) is 6.06.